The molecule has 0 atom stereocenters. The van der Waals surface area contributed by atoms with Gasteiger partial charge in [-0.1, -0.05) is 17.8 Å². The maximum absolute atomic E-state index is 13.3. The molecule has 18 heavy (non-hydrogen) atoms. The molecule has 0 fully saturated rings. The van der Waals surface area contributed by atoms with Crippen molar-refractivity contribution in [3.05, 3.63) is 48.0 Å². The van der Waals surface area contributed by atoms with Gasteiger partial charge in [0.15, 0.2) is 0 Å². The summed E-state index contributed by atoms with van der Waals surface area (Å²) in [7, 11) is 1.56. The Morgan fingerprint density at radius 2 is 1.94 bits per heavy atom. The summed E-state index contributed by atoms with van der Waals surface area (Å²) in [5.41, 5.74) is 5.52. The molecule has 94 valence electrons. The fourth-order valence-corrected chi connectivity index (χ4v) is 2.39. The molecule has 0 spiro atoms. The van der Waals surface area contributed by atoms with Crippen LogP contribution in [-0.2, 0) is 0 Å². The van der Waals surface area contributed by atoms with E-state index in [4.69, 9.17) is 10.5 Å². The van der Waals surface area contributed by atoms with Crippen molar-refractivity contribution >= 4 is 17.4 Å². The Balaban J connectivity index is 2.33. The molecule has 0 saturated carbocycles. The molecule has 2 N–H and O–H groups in total. The number of methoxy groups -OCH3 is 1. The summed E-state index contributed by atoms with van der Waals surface area (Å²) in [4.78, 5) is 1.15. The van der Waals surface area contributed by atoms with Crippen molar-refractivity contribution < 1.29 is 13.5 Å². The number of hydrogen-bond acceptors (Lipinski definition) is 3. The van der Waals surface area contributed by atoms with Crippen molar-refractivity contribution in [2.24, 2.45) is 0 Å². The smallest absolute Gasteiger partial charge is 0.150 e. The first-order chi connectivity index (χ1) is 8.60. The monoisotopic (exact) mass is 267 g/mol. The number of nitrogens with two attached hydrogens (primary N) is 1. The van der Waals surface area contributed by atoms with Crippen molar-refractivity contribution in [2.75, 3.05) is 12.8 Å². The number of hydrogen-bond donors (Lipinski definition) is 1. The van der Waals surface area contributed by atoms with Crippen LogP contribution in [0.3, 0.4) is 0 Å². The van der Waals surface area contributed by atoms with E-state index in [-0.39, 0.29) is 5.69 Å². The summed E-state index contributed by atoms with van der Waals surface area (Å²) in [6, 6.07) is 9.16. The first kappa shape index (κ1) is 12.7. The predicted octanol–water partition coefficient (Wildman–Crippen LogP) is 3.71. The van der Waals surface area contributed by atoms with Crippen LogP contribution in [0.25, 0.3) is 0 Å². The lowest BCUT2D eigenvalue weighted by atomic mass is 10.3. The zero-order valence-corrected chi connectivity index (χ0v) is 10.4. The molecule has 0 saturated heterocycles. The van der Waals surface area contributed by atoms with Crippen molar-refractivity contribution in [2.45, 2.75) is 9.79 Å². The molecule has 0 radical (unpaired) electrons. The van der Waals surface area contributed by atoms with Gasteiger partial charge >= 0.3 is 0 Å². The molecule has 5 heteroatoms. The lowest BCUT2D eigenvalue weighted by Gasteiger charge is -2.07. The van der Waals surface area contributed by atoms with Crippen molar-refractivity contribution in [3.8, 4) is 5.75 Å². The second-order valence-corrected chi connectivity index (χ2v) is 4.70. The van der Waals surface area contributed by atoms with Gasteiger partial charge in [-0.25, -0.2) is 8.78 Å². The lowest BCUT2D eigenvalue weighted by Crippen LogP contribution is -1.95. The highest BCUT2D eigenvalue weighted by Gasteiger charge is 2.10. The van der Waals surface area contributed by atoms with E-state index in [2.05, 4.69) is 0 Å². The van der Waals surface area contributed by atoms with Gasteiger partial charge in [-0.15, -0.1) is 0 Å². The molecule has 0 heterocycles. The van der Waals surface area contributed by atoms with Crippen LogP contribution in [-0.4, -0.2) is 7.11 Å². The Kier molecular flexibility index (Phi) is 3.72. The summed E-state index contributed by atoms with van der Waals surface area (Å²) in [6.45, 7) is 0. The number of anilines is 1. The fraction of sp³-hybridized carbons (Fsp3) is 0.0769. The van der Waals surface area contributed by atoms with E-state index < -0.39 is 11.6 Å². The SMILES string of the molecule is COc1cccc(Sc2cc(F)cc(F)c2N)c1. The van der Waals surface area contributed by atoms with Crippen molar-refractivity contribution in [1.29, 1.82) is 0 Å². The minimum atomic E-state index is -0.750. The second kappa shape index (κ2) is 5.27. The first-order valence-electron chi connectivity index (χ1n) is 5.16. The van der Waals surface area contributed by atoms with Crippen molar-refractivity contribution in [1.82, 2.24) is 0 Å². The topological polar surface area (TPSA) is 35.2 Å². The van der Waals surface area contributed by atoms with Crippen LogP contribution in [0.1, 0.15) is 0 Å². The molecule has 2 nitrogen and oxygen atoms in total. The Morgan fingerprint density at radius 3 is 2.67 bits per heavy atom. The van der Waals surface area contributed by atoms with Crippen molar-refractivity contribution in [3.63, 3.8) is 0 Å². The summed E-state index contributed by atoms with van der Waals surface area (Å²) in [5, 5.41) is 0. The number of halogens is 2. The number of rotatable bonds is 3. The molecule has 0 aliphatic rings. The molecule has 2 aromatic rings. The average molecular weight is 267 g/mol. The Labute approximate surface area is 108 Å². The van der Waals surface area contributed by atoms with Crippen LogP contribution >= 0.6 is 11.8 Å². The van der Waals surface area contributed by atoms with Gasteiger partial charge in [0.2, 0.25) is 0 Å². The van der Waals surface area contributed by atoms with Gasteiger partial charge in [0.05, 0.1) is 12.8 Å². The zero-order valence-electron chi connectivity index (χ0n) is 9.61. The van der Waals surface area contributed by atoms with E-state index in [0.717, 1.165) is 11.0 Å². The fourth-order valence-electron chi connectivity index (χ4n) is 1.44. The van der Waals surface area contributed by atoms with E-state index >= 15 is 0 Å². The third-order valence-corrected chi connectivity index (χ3v) is 3.37. The standard InChI is InChI=1S/C13H11F2NOS/c1-17-9-3-2-4-10(7-9)18-12-6-8(14)5-11(15)13(12)16/h2-7H,16H2,1H3. The van der Waals surface area contributed by atoms with Gasteiger partial charge in [-0.3, -0.25) is 0 Å². The lowest BCUT2D eigenvalue weighted by molar-refractivity contribution is 0.413. The van der Waals surface area contributed by atoms with Crippen LogP contribution in [0.2, 0.25) is 0 Å². The molecule has 0 bridgehead atoms. The summed E-state index contributed by atoms with van der Waals surface area (Å²) >= 11 is 1.19. The van der Waals surface area contributed by atoms with Gasteiger partial charge in [-0.2, -0.15) is 0 Å². The van der Waals surface area contributed by atoms with Crippen LogP contribution in [0, 0.1) is 11.6 Å². The van der Waals surface area contributed by atoms with E-state index in [1.165, 1.54) is 17.8 Å². The molecule has 2 aromatic carbocycles. The van der Waals surface area contributed by atoms with Gasteiger partial charge in [0, 0.05) is 15.9 Å². The largest absolute Gasteiger partial charge is 0.497 e. The molecule has 0 amide bonds. The number of nitrogen functional groups attached to an aromatic ring is 1. The maximum Gasteiger partial charge on any atom is 0.150 e. The molecule has 0 aliphatic heterocycles. The second-order valence-electron chi connectivity index (χ2n) is 3.58. The molecule has 0 aliphatic carbocycles. The number of ether oxygens (including phenoxy) is 1. The summed E-state index contributed by atoms with van der Waals surface area (Å²) in [5.74, 6) is -0.720. The highest BCUT2D eigenvalue weighted by atomic mass is 32.2. The maximum atomic E-state index is 13.3. The van der Waals surface area contributed by atoms with Gasteiger partial charge in [0.25, 0.3) is 0 Å². The molecule has 0 unspecified atom stereocenters. The van der Waals surface area contributed by atoms with Crippen LogP contribution in [0.15, 0.2) is 46.2 Å². The van der Waals surface area contributed by atoms with E-state index in [9.17, 15) is 8.78 Å². The van der Waals surface area contributed by atoms with E-state index in [0.29, 0.717) is 10.6 Å². The molecule has 2 rings (SSSR count). The Morgan fingerprint density at radius 1 is 1.17 bits per heavy atom. The predicted molar refractivity (Wildman–Crippen MR) is 67.9 cm³/mol. The van der Waals surface area contributed by atoms with Gasteiger partial charge in [-0.05, 0) is 24.3 Å². The van der Waals surface area contributed by atoms with E-state index in [1.807, 2.05) is 6.07 Å². The zero-order chi connectivity index (χ0) is 13.1. The third kappa shape index (κ3) is 2.73. The Bertz CT molecular complexity index is 575. The molecular formula is C13H11F2NOS. The van der Waals surface area contributed by atoms with Gasteiger partial charge < -0.3 is 10.5 Å². The van der Waals surface area contributed by atoms with Crippen LogP contribution in [0.5, 0.6) is 5.75 Å². The average Bonchev–Trinajstić information content (AvgIpc) is 2.35. The molecule has 0 aromatic heterocycles. The third-order valence-electron chi connectivity index (χ3n) is 2.33. The quantitative estimate of drug-likeness (QED) is 0.861. The Hall–Kier alpha value is -1.75. The molecular weight excluding hydrogens is 256 g/mol. The summed E-state index contributed by atoms with van der Waals surface area (Å²) < 4.78 is 31.5. The van der Waals surface area contributed by atoms with Crippen LogP contribution < -0.4 is 10.5 Å². The minimum absolute atomic E-state index is 0.0516. The highest BCUT2D eigenvalue weighted by molar-refractivity contribution is 7.99. The number of benzene rings is 2. The van der Waals surface area contributed by atoms with Crippen LogP contribution in [0.4, 0.5) is 14.5 Å². The highest BCUT2D eigenvalue weighted by Crippen LogP contribution is 2.35. The normalized spacial score (nSPS) is 10.4. The minimum Gasteiger partial charge on any atom is -0.497 e. The van der Waals surface area contributed by atoms with Gasteiger partial charge in [0.1, 0.15) is 17.4 Å². The van der Waals surface area contributed by atoms with E-state index in [1.54, 1.807) is 25.3 Å². The summed E-state index contributed by atoms with van der Waals surface area (Å²) in [6.07, 6.45) is 0. The first-order valence-corrected chi connectivity index (χ1v) is 5.98.